The molecule has 1 heterocycles. The van der Waals surface area contributed by atoms with E-state index in [2.05, 4.69) is 5.10 Å². The van der Waals surface area contributed by atoms with Gasteiger partial charge >= 0.3 is 0 Å². The number of aromatic nitrogens is 2. The Labute approximate surface area is 125 Å². The molecule has 4 heteroatoms. The van der Waals surface area contributed by atoms with Crippen molar-refractivity contribution >= 4 is 0 Å². The highest BCUT2D eigenvalue weighted by Gasteiger charge is 2.54. The fourth-order valence-electron chi connectivity index (χ4n) is 5.60. The summed E-state index contributed by atoms with van der Waals surface area (Å²) < 4.78 is 1.44. The van der Waals surface area contributed by atoms with E-state index in [1.165, 1.54) is 23.9 Å². The van der Waals surface area contributed by atoms with E-state index in [0.717, 1.165) is 42.6 Å². The van der Waals surface area contributed by atoms with Crippen LogP contribution in [0, 0.1) is 30.1 Å². The van der Waals surface area contributed by atoms with Crippen molar-refractivity contribution in [1.82, 2.24) is 9.78 Å². The molecule has 1 aromatic heterocycles. The Bertz CT molecular complexity index is 572. The number of aryl methyl sites for hydroxylation is 1. The molecule has 5 rings (SSSR count). The average Bonchev–Trinajstić information content (AvgIpc) is 2.40. The van der Waals surface area contributed by atoms with Gasteiger partial charge < -0.3 is 5.11 Å². The third kappa shape index (κ3) is 2.24. The van der Waals surface area contributed by atoms with Gasteiger partial charge in [0, 0.05) is 6.07 Å². The summed E-state index contributed by atoms with van der Waals surface area (Å²) in [7, 11) is 0. The molecule has 4 saturated carbocycles. The SMILES string of the molecule is Cc1cnn(CC(O)C23CC4CC(CC(C4)C2)C3)c(=O)c1. The first-order valence-corrected chi connectivity index (χ1v) is 8.26. The highest BCUT2D eigenvalue weighted by atomic mass is 16.3. The fourth-order valence-corrected chi connectivity index (χ4v) is 5.60. The molecule has 114 valence electrons. The van der Waals surface area contributed by atoms with Gasteiger partial charge in [-0.2, -0.15) is 5.10 Å². The van der Waals surface area contributed by atoms with E-state index in [4.69, 9.17) is 0 Å². The van der Waals surface area contributed by atoms with Crippen LogP contribution in [0.4, 0.5) is 0 Å². The predicted octanol–water partition coefficient (Wildman–Crippen LogP) is 2.13. The summed E-state index contributed by atoms with van der Waals surface area (Å²) in [5.74, 6) is 2.44. The Balaban J connectivity index is 1.57. The lowest BCUT2D eigenvalue weighted by Gasteiger charge is -2.58. The molecule has 4 nitrogen and oxygen atoms in total. The van der Waals surface area contributed by atoms with Crippen LogP contribution in [0.15, 0.2) is 17.1 Å². The number of rotatable bonds is 3. The maximum absolute atomic E-state index is 12.0. The molecule has 4 aliphatic carbocycles. The third-order valence-electron chi connectivity index (χ3n) is 6.14. The van der Waals surface area contributed by atoms with Gasteiger partial charge in [-0.3, -0.25) is 4.79 Å². The number of hydrogen-bond acceptors (Lipinski definition) is 3. The molecule has 1 unspecified atom stereocenters. The summed E-state index contributed by atoms with van der Waals surface area (Å²) in [6, 6.07) is 1.60. The minimum atomic E-state index is -0.432. The van der Waals surface area contributed by atoms with Gasteiger partial charge in [-0.1, -0.05) is 0 Å². The Morgan fingerprint density at radius 3 is 2.38 bits per heavy atom. The zero-order valence-electron chi connectivity index (χ0n) is 12.7. The summed E-state index contributed by atoms with van der Waals surface area (Å²) in [6.45, 7) is 2.22. The van der Waals surface area contributed by atoms with E-state index in [1.807, 2.05) is 6.92 Å². The maximum atomic E-state index is 12.0. The van der Waals surface area contributed by atoms with Crippen LogP contribution in [0.25, 0.3) is 0 Å². The molecule has 4 bridgehead atoms. The van der Waals surface area contributed by atoms with Crippen LogP contribution < -0.4 is 5.56 Å². The molecular formula is C17H24N2O2. The van der Waals surface area contributed by atoms with Crippen molar-refractivity contribution < 1.29 is 5.11 Å². The number of hydrogen-bond donors (Lipinski definition) is 1. The molecule has 0 radical (unpaired) electrons. The fraction of sp³-hybridized carbons (Fsp3) is 0.765. The van der Waals surface area contributed by atoms with Crippen LogP contribution in [-0.4, -0.2) is 21.0 Å². The molecule has 4 fully saturated rings. The summed E-state index contributed by atoms with van der Waals surface area (Å²) >= 11 is 0. The van der Waals surface area contributed by atoms with Gasteiger partial charge in [-0.15, -0.1) is 0 Å². The summed E-state index contributed by atoms with van der Waals surface area (Å²) in [4.78, 5) is 12.0. The average molecular weight is 288 g/mol. The van der Waals surface area contributed by atoms with E-state index in [1.54, 1.807) is 12.3 Å². The second-order valence-corrected chi connectivity index (χ2v) is 7.85. The van der Waals surface area contributed by atoms with Crippen LogP contribution in [0.5, 0.6) is 0 Å². The zero-order chi connectivity index (χ0) is 14.6. The second-order valence-electron chi connectivity index (χ2n) is 7.85. The molecule has 0 saturated heterocycles. The topological polar surface area (TPSA) is 55.1 Å². The standard InChI is InChI=1S/C17H24N2O2/c1-11-2-16(21)19(18-9-11)10-15(20)17-6-12-3-13(7-17)5-14(4-12)8-17/h2,9,12-15,20H,3-8,10H2,1H3. The first-order valence-electron chi connectivity index (χ1n) is 8.26. The number of aliphatic hydroxyl groups is 1. The van der Waals surface area contributed by atoms with Crippen LogP contribution in [0.1, 0.15) is 44.1 Å². The Hall–Kier alpha value is -1.16. The van der Waals surface area contributed by atoms with E-state index in [0.29, 0.717) is 6.54 Å². The first kappa shape index (κ1) is 13.5. The van der Waals surface area contributed by atoms with Crippen LogP contribution >= 0.6 is 0 Å². The highest BCUT2D eigenvalue weighted by molar-refractivity contribution is 5.05. The van der Waals surface area contributed by atoms with E-state index < -0.39 is 6.10 Å². The van der Waals surface area contributed by atoms with Gasteiger partial charge in [-0.25, -0.2) is 4.68 Å². The third-order valence-corrected chi connectivity index (χ3v) is 6.14. The lowest BCUT2D eigenvalue weighted by molar-refractivity contribution is -0.125. The molecule has 4 aliphatic rings. The van der Waals surface area contributed by atoms with Crippen molar-refractivity contribution in [3.8, 4) is 0 Å². The van der Waals surface area contributed by atoms with Gasteiger partial charge in [0.05, 0.1) is 18.8 Å². The maximum Gasteiger partial charge on any atom is 0.267 e. The van der Waals surface area contributed by atoms with E-state index in [9.17, 15) is 9.90 Å². The van der Waals surface area contributed by atoms with Crippen LogP contribution in [0.2, 0.25) is 0 Å². The minimum Gasteiger partial charge on any atom is -0.391 e. The molecule has 0 amide bonds. The van der Waals surface area contributed by atoms with Crippen molar-refractivity contribution in [2.24, 2.45) is 23.2 Å². The first-order chi connectivity index (χ1) is 10.0. The monoisotopic (exact) mass is 288 g/mol. The smallest absolute Gasteiger partial charge is 0.267 e. The Morgan fingerprint density at radius 2 is 1.86 bits per heavy atom. The normalized spacial score (nSPS) is 38.7. The lowest BCUT2D eigenvalue weighted by Crippen LogP contribution is -2.53. The molecule has 0 aliphatic heterocycles. The summed E-state index contributed by atoms with van der Waals surface area (Å²) in [6.07, 6.45) is 8.84. The number of nitrogens with zero attached hydrogens (tertiary/aromatic N) is 2. The summed E-state index contributed by atoms with van der Waals surface area (Å²) in [5, 5.41) is 15.1. The second kappa shape index (κ2) is 4.67. The molecule has 0 aromatic carbocycles. The summed E-state index contributed by atoms with van der Waals surface area (Å²) in [5.41, 5.74) is 0.833. The van der Waals surface area contributed by atoms with Crippen molar-refractivity contribution in [3.05, 3.63) is 28.2 Å². The van der Waals surface area contributed by atoms with E-state index in [-0.39, 0.29) is 11.0 Å². The quantitative estimate of drug-likeness (QED) is 0.927. The Kier molecular flexibility index (Phi) is 3.00. The number of aliphatic hydroxyl groups excluding tert-OH is 1. The van der Waals surface area contributed by atoms with Crippen LogP contribution in [0.3, 0.4) is 0 Å². The van der Waals surface area contributed by atoms with Crippen molar-refractivity contribution in [2.75, 3.05) is 0 Å². The van der Waals surface area contributed by atoms with Gasteiger partial charge in [-0.05, 0) is 74.2 Å². The molecule has 1 aromatic rings. The van der Waals surface area contributed by atoms with Crippen molar-refractivity contribution in [2.45, 2.75) is 58.1 Å². The van der Waals surface area contributed by atoms with Gasteiger partial charge in [0.1, 0.15) is 0 Å². The molecular weight excluding hydrogens is 264 g/mol. The van der Waals surface area contributed by atoms with Crippen molar-refractivity contribution in [3.63, 3.8) is 0 Å². The molecule has 1 atom stereocenters. The molecule has 1 N–H and O–H groups in total. The lowest BCUT2D eigenvalue weighted by atomic mass is 9.48. The molecule has 0 spiro atoms. The van der Waals surface area contributed by atoms with E-state index >= 15 is 0 Å². The van der Waals surface area contributed by atoms with Crippen LogP contribution in [-0.2, 0) is 6.54 Å². The zero-order valence-corrected chi connectivity index (χ0v) is 12.7. The molecule has 21 heavy (non-hydrogen) atoms. The predicted molar refractivity (Wildman–Crippen MR) is 79.8 cm³/mol. The van der Waals surface area contributed by atoms with Crippen molar-refractivity contribution in [1.29, 1.82) is 0 Å². The Morgan fingerprint density at radius 1 is 1.29 bits per heavy atom. The van der Waals surface area contributed by atoms with Gasteiger partial charge in [0.25, 0.3) is 5.56 Å². The van der Waals surface area contributed by atoms with Gasteiger partial charge in [0.15, 0.2) is 0 Å². The van der Waals surface area contributed by atoms with Gasteiger partial charge in [0.2, 0.25) is 0 Å². The highest BCUT2D eigenvalue weighted by Crippen LogP contribution is 2.61. The minimum absolute atomic E-state index is 0.0563. The largest absolute Gasteiger partial charge is 0.391 e.